The molecule has 2 aromatic carbocycles. The molecule has 0 saturated carbocycles. The normalized spacial score (nSPS) is 13.0. The van der Waals surface area contributed by atoms with Gasteiger partial charge in [-0.1, -0.05) is 24.3 Å². The summed E-state index contributed by atoms with van der Waals surface area (Å²) in [6, 6.07) is 14.8. The van der Waals surface area contributed by atoms with Gasteiger partial charge in [0, 0.05) is 23.3 Å². The second kappa shape index (κ2) is 6.16. The predicted octanol–water partition coefficient (Wildman–Crippen LogP) is 2.35. The van der Waals surface area contributed by atoms with Crippen LogP contribution in [0.4, 0.5) is 5.69 Å². The van der Waals surface area contributed by atoms with Gasteiger partial charge in [0.1, 0.15) is 6.54 Å². The lowest BCUT2D eigenvalue weighted by Crippen LogP contribution is -2.37. The largest absolute Gasteiger partial charge is 0.298 e. The van der Waals surface area contributed by atoms with Gasteiger partial charge in [0.25, 0.3) is 11.8 Å². The summed E-state index contributed by atoms with van der Waals surface area (Å²) in [6.45, 7) is -0.0830. The van der Waals surface area contributed by atoms with E-state index in [4.69, 9.17) is 0 Å². The molecule has 0 bridgehead atoms. The maximum absolute atomic E-state index is 12.6. The van der Waals surface area contributed by atoms with Crippen molar-refractivity contribution >= 4 is 34.5 Å². The molecule has 0 fully saturated rings. The molecule has 1 aromatic heterocycles. The van der Waals surface area contributed by atoms with Crippen LogP contribution in [0.25, 0.3) is 10.8 Å². The molecular weight excluding hydrogens is 316 g/mol. The number of rotatable bonds is 4. The fraction of sp³-hybridized carbons (Fsp3) is 0.0526. The zero-order valence-corrected chi connectivity index (χ0v) is 13.2. The number of amides is 2. The van der Waals surface area contributed by atoms with Gasteiger partial charge in [-0.05, 0) is 35.2 Å². The highest BCUT2D eigenvalue weighted by Crippen LogP contribution is 2.36. The van der Waals surface area contributed by atoms with Crippen molar-refractivity contribution in [1.82, 2.24) is 10.4 Å². The predicted molar refractivity (Wildman–Crippen MR) is 95.6 cm³/mol. The third-order valence-electron chi connectivity index (χ3n) is 4.06. The van der Waals surface area contributed by atoms with Crippen LogP contribution in [0.3, 0.4) is 0 Å². The third-order valence-corrected chi connectivity index (χ3v) is 4.06. The molecule has 0 spiro atoms. The summed E-state index contributed by atoms with van der Waals surface area (Å²) in [4.78, 5) is 30.2. The summed E-state index contributed by atoms with van der Waals surface area (Å²) >= 11 is 0. The summed E-state index contributed by atoms with van der Waals surface area (Å²) in [5, 5.41) is 5.80. The van der Waals surface area contributed by atoms with Crippen molar-refractivity contribution in [3.63, 3.8) is 0 Å². The van der Waals surface area contributed by atoms with Crippen LogP contribution in [0, 0.1) is 0 Å². The zero-order chi connectivity index (χ0) is 17.2. The molecule has 25 heavy (non-hydrogen) atoms. The van der Waals surface area contributed by atoms with Crippen molar-refractivity contribution in [3.8, 4) is 0 Å². The molecule has 122 valence electrons. The van der Waals surface area contributed by atoms with Gasteiger partial charge in [0.05, 0.1) is 11.9 Å². The van der Waals surface area contributed by atoms with Crippen LogP contribution in [0.15, 0.2) is 66.0 Å². The standard InChI is InChI=1S/C19H14N4O2/c24-17(22-21-11-13-7-9-20-10-8-13)12-23-16-6-2-4-14-3-1-5-15(18(14)16)19(23)25/h1-11H,12H2,(H,22,24). The van der Waals surface area contributed by atoms with Crippen LogP contribution < -0.4 is 10.3 Å². The average molecular weight is 330 g/mol. The topological polar surface area (TPSA) is 74.7 Å². The molecule has 3 aromatic rings. The van der Waals surface area contributed by atoms with Gasteiger partial charge in [0.2, 0.25) is 0 Å². The summed E-state index contributed by atoms with van der Waals surface area (Å²) < 4.78 is 0. The highest BCUT2D eigenvalue weighted by Gasteiger charge is 2.30. The summed E-state index contributed by atoms with van der Waals surface area (Å²) in [6.07, 6.45) is 4.81. The van der Waals surface area contributed by atoms with Crippen LogP contribution in [0.2, 0.25) is 0 Å². The Morgan fingerprint density at radius 2 is 1.88 bits per heavy atom. The molecule has 2 amide bonds. The maximum atomic E-state index is 12.6. The van der Waals surface area contributed by atoms with Crippen LogP contribution in [0.5, 0.6) is 0 Å². The van der Waals surface area contributed by atoms with Crippen molar-refractivity contribution in [2.75, 3.05) is 11.4 Å². The minimum Gasteiger partial charge on any atom is -0.298 e. The number of anilines is 1. The Bertz CT molecular complexity index is 993. The molecule has 1 aliphatic heterocycles. The molecule has 0 saturated heterocycles. The van der Waals surface area contributed by atoms with Crippen LogP contribution in [-0.4, -0.2) is 29.6 Å². The molecule has 0 aliphatic carbocycles. The Morgan fingerprint density at radius 1 is 1.12 bits per heavy atom. The van der Waals surface area contributed by atoms with Crippen LogP contribution >= 0.6 is 0 Å². The highest BCUT2D eigenvalue weighted by molar-refractivity contribution is 6.26. The fourth-order valence-electron chi connectivity index (χ4n) is 2.94. The Kier molecular flexibility index (Phi) is 3.70. The molecule has 4 rings (SSSR count). The minimum absolute atomic E-state index is 0.0830. The first-order chi connectivity index (χ1) is 12.2. The Balaban J connectivity index is 1.50. The van der Waals surface area contributed by atoms with E-state index in [-0.39, 0.29) is 18.4 Å². The molecule has 0 radical (unpaired) electrons. The van der Waals surface area contributed by atoms with E-state index in [2.05, 4.69) is 15.5 Å². The molecule has 1 aliphatic rings. The number of carbonyl (C=O) groups excluding carboxylic acids is 2. The number of carbonyl (C=O) groups is 2. The monoisotopic (exact) mass is 330 g/mol. The molecule has 0 atom stereocenters. The number of nitrogens with one attached hydrogen (secondary N) is 1. The van der Waals surface area contributed by atoms with E-state index in [1.165, 1.54) is 11.1 Å². The Labute approximate surface area is 143 Å². The van der Waals surface area contributed by atoms with Crippen LogP contribution in [0.1, 0.15) is 15.9 Å². The molecule has 6 heteroatoms. The van der Waals surface area contributed by atoms with E-state index < -0.39 is 0 Å². The maximum Gasteiger partial charge on any atom is 0.260 e. The molecule has 2 heterocycles. The highest BCUT2D eigenvalue weighted by atomic mass is 16.2. The lowest BCUT2D eigenvalue weighted by molar-refractivity contribution is -0.119. The smallest absolute Gasteiger partial charge is 0.260 e. The number of hydrogen-bond acceptors (Lipinski definition) is 4. The first kappa shape index (κ1) is 15.0. The van der Waals surface area contributed by atoms with Gasteiger partial charge in [-0.15, -0.1) is 0 Å². The first-order valence-electron chi connectivity index (χ1n) is 7.79. The zero-order valence-electron chi connectivity index (χ0n) is 13.2. The van der Waals surface area contributed by atoms with Gasteiger partial charge in [0.15, 0.2) is 0 Å². The third kappa shape index (κ3) is 2.74. The van der Waals surface area contributed by atoms with E-state index >= 15 is 0 Å². The van der Waals surface area contributed by atoms with Crippen LogP contribution in [-0.2, 0) is 4.79 Å². The number of pyridine rings is 1. The second-order valence-corrected chi connectivity index (χ2v) is 5.65. The van der Waals surface area contributed by atoms with Crippen molar-refractivity contribution in [3.05, 3.63) is 72.1 Å². The van der Waals surface area contributed by atoms with Crippen molar-refractivity contribution < 1.29 is 9.59 Å². The number of benzene rings is 2. The van der Waals surface area contributed by atoms with Crippen molar-refractivity contribution in [1.29, 1.82) is 0 Å². The quantitative estimate of drug-likeness (QED) is 0.589. The molecule has 6 nitrogen and oxygen atoms in total. The number of hydrogen-bond donors (Lipinski definition) is 1. The fourth-order valence-corrected chi connectivity index (χ4v) is 2.94. The van der Waals surface area contributed by atoms with E-state index in [1.54, 1.807) is 30.6 Å². The average Bonchev–Trinajstić information content (AvgIpc) is 2.91. The lowest BCUT2D eigenvalue weighted by Gasteiger charge is -2.16. The second-order valence-electron chi connectivity index (χ2n) is 5.65. The molecular formula is C19H14N4O2. The lowest BCUT2D eigenvalue weighted by atomic mass is 10.1. The Morgan fingerprint density at radius 3 is 2.68 bits per heavy atom. The van der Waals surface area contributed by atoms with Gasteiger partial charge in [-0.3, -0.25) is 19.5 Å². The number of aromatic nitrogens is 1. The number of hydrazone groups is 1. The van der Waals surface area contributed by atoms with Crippen molar-refractivity contribution in [2.24, 2.45) is 5.10 Å². The number of nitrogens with zero attached hydrogens (tertiary/aromatic N) is 3. The van der Waals surface area contributed by atoms with Gasteiger partial charge in [-0.25, -0.2) is 5.43 Å². The van der Waals surface area contributed by atoms with Crippen molar-refractivity contribution in [2.45, 2.75) is 0 Å². The van der Waals surface area contributed by atoms with E-state index in [9.17, 15) is 9.59 Å². The summed E-state index contributed by atoms with van der Waals surface area (Å²) in [5.74, 6) is -0.525. The summed E-state index contributed by atoms with van der Waals surface area (Å²) in [7, 11) is 0. The first-order valence-corrected chi connectivity index (χ1v) is 7.79. The SMILES string of the molecule is O=C(CN1C(=O)c2cccc3cccc1c23)NN=Cc1ccncc1. The molecule has 1 N–H and O–H groups in total. The van der Waals surface area contributed by atoms with E-state index in [0.717, 1.165) is 22.0 Å². The Hall–Kier alpha value is -3.54. The van der Waals surface area contributed by atoms with Gasteiger partial charge >= 0.3 is 0 Å². The minimum atomic E-state index is -0.358. The van der Waals surface area contributed by atoms with E-state index in [0.29, 0.717) is 5.56 Å². The van der Waals surface area contributed by atoms with Gasteiger partial charge in [-0.2, -0.15) is 5.10 Å². The summed E-state index contributed by atoms with van der Waals surface area (Å²) in [5.41, 5.74) is 4.66. The van der Waals surface area contributed by atoms with Gasteiger partial charge < -0.3 is 0 Å². The molecule has 0 unspecified atom stereocenters. The van der Waals surface area contributed by atoms with E-state index in [1.807, 2.05) is 30.3 Å².